The van der Waals surface area contributed by atoms with Crippen LogP contribution in [0, 0.1) is 0 Å². The summed E-state index contributed by atoms with van der Waals surface area (Å²) < 4.78 is 3.61. The summed E-state index contributed by atoms with van der Waals surface area (Å²) in [4.78, 5) is 27.6. The number of fused-ring (bicyclic) bond motifs is 1. The molecule has 1 N–H and O–H groups in total. The lowest BCUT2D eigenvalue weighted by molar-refractivity contribution is 0.277. The molecule has 0 saturated carbocycles. The summed E-state index contributed by atoms with van der Waals surface area (Å²) >= 11 is 5.87. The molecule has 2 rings (SSSR count). The van der Waals surface area contributed by atoms with E-state index in [9.17, 15) is 9.59 Å². The Morgan fingerprint density at radius 2 is 1.94 bits per heavy atom. The Morgan fingerprint density at radius 1 is 1.29 bits per heavy atom. The number of aromatic nitrogens is 4. The molecule has 0 aliphatic heterocycles. The van der Waals surface area contributed by atoms with Crippen molar-refractivity contribution < 1.29 is 5.11 Å². The second-order valence-corrected chi connectivity index (χ2v) is 3.97. The van der Waals surface area contributed by atoms with Crippen LogP contribution >= 0.6 is 11.6 Å². The topological polar surface area (TPSA) is 82.0 Å². The van der Waals surface area contributed by atoms with Crippen molar-refractivity contribution in [3.8, 4) is 0 Å². The lowest BCUT2D eigenvalue weighted by Crippen LogP contribution is -2.37. The summed E-state index contributed by atoms with van der Waals surface area (Å²) in [6, 6.07) is 0. The zero-order valence-corrected chi connectivity index (χ0v) is 10.1. The Labute approximate surface area is 100 Å². The predicted octanol–water partition coefficient (Wildman–Crippen LogP) is -0.921. The normalized spacial score (nSPS) is 11.3. The van der Waals surface area contributed by atoms with Crippen LogP contribution in [0.3, 0.4) is 0 Å². The fourth-order valence-corrected chi connectivity index (χ4v) is 1.97. The van der Waals surface area contributed by atoms with Crippen molar-refractivity contribution >= 4 is 22.8 Å². The number of imidazole rings is 1. The maximum Gasteiger partial charge on any atom is 0.332 e. The first kappa shape index (κ1) is 11.9. The Morgan fingerprint density at radius 3 is 2.53 bits per heavy atom. The van der Waals surface area contributed by atoms with Gasteiger partial charge in [-0.1, -0.05) is 0 Å². The number of aliphatic hydroxyl groups is 1. The molecule has 0 aliphatic carbocycles. The molecule has 2 aromatic heterocycles. The second kappa shape index (κ2) is 4.01. The van der Waals surface area contributed by atoms with Crippen LogP contribution in [0.4, 0.5) is 0 Å². The molecule has 0 bridgehead atoms. The van der Waals surface area contributed by atoms with Crippen LogP contribution in [-0.4, -0.2) is 30.4 Å². The van der Waals surface area contributed by atoms with E-state index in [-0.39, 0.29) is 29.6 Å². The van der Waals surface area contributed by atoms with Gasteiger partial charge in [0.25, 0.3) is 5.56 Å². The molecular weight excluding hydrogens is 248 g/mol. The zero-order valence-electron chi connectivity index (χ0n) is 9.34. The van der Waals surface area contributed by atoms with Crippen LogP contribution < -0.4 is 11.2 Å². The highest BCUT2D eigenvalue weighted by atomic mass is 35.5. The zero-order chi connectivity index (χ0) is 12.7. The fraction of sp³-hybridized carbons (Fsp3) is 0.444. The maximum atomic E-state index is 12.0. The lowest BCUT2D eigenvalue weighted by atomic mass is 10.5. The smallest absolute Gasteiger partial charge is 0.332 e. The van der Waals surface area contributed by atoms with E-state index in [2.05, 4.69) is 4.98 Å². The van der Waals surface area contributed by atoms with E-state index < -0.39 is 11.2 Å². The van der Waals surface area contributed by atoms with E-state index in [0.29, 0.717) is 0 Å². The van der Waals surface area contributed by atoms with Gasteiger partial charge in [0.2, 0.25) is 5.28 Å². The van der Waals surface area contributed by atoms with E-state index in [1.165, 1.54) is 23.2 Å². The fourth-order valence-electron chi connectivity index (χ4n) is 1.72. The minimum Gasteiger partial charge on any atom is -0.395 e. The minimum atomic E-state index is -0.476. The van der Waals surface area contributed by atoms with Gasteiger partial charge in [0, 0.05) is 20.6 Å². The molecular formula is C9H11ClN4O3. The Hall–Kier alpha value is -1.60. The van der Waals surface area contributed by atoms with E-state index >= 15 is 0 Å². The summed E-state index contributed by atoms with van der Waals surface area (Å²) in [5.41, 5.74) is -0.506. The van der Waals surface area contributed by atoms with Gasteiger partial charge in [-0.2, -0.15) is 4.98 Å². The predicted molar refractivity (Wildman–Crippen MR) is 62.3 cm³/mol. The molecule has 0 amide bonds. The summed E-state index contributed by atoms with van der Waals surface area (Å²) in [7, 11) is 2.89. The van der Waals surface area contributed by atoms with Crippen molar-refractivity contribution in [1.82, 2.24) is 18.7 Å². The van der Waals surface area contributed by atoms with E-state index in [4.69, 9.17) is 16.7 Å². The first-order chi connectivity index (χ1) is 7.99. The molecule has 7 nitrogen and oxygen atoms in total. The standard InChI is InChI=1S/C9H11ClN4O3/c1-12-6-5(7(16)13(2)9(12)17)14(3-4-15)8(10)11-6/h15H,3-4H2,1-2H3. The van der Waals surface area contributed by atoms with E-state index in [1.807, 2.05) is 0 Å². The highest BCUT2D eigenvalue weighted by molar-refractivity contribution is 6.29. The van der Waals surface area contributed by atoms with Crippen molar-refractivity contribution in [3.05, 3.63) is 26.1 Å². The van der Waals surface area contributed by atoms with Gasteiger partial charge in [0.15, 0.2) is 11.2 Å². The van der Waals surface area contributed by atoms with Gasteiger partial charge < -0.3 is 9.67 Å². The van der Waals surface area contributed by atoms with E-state index in [0.717, 1.165) is 4.57 Å². The molecule has 2 aromatic rings. The summed E-state index contributed by atoms with van der Waals surface area (Å²) in [5.74, 6) is 0. The van der Waals surface area contributed by atoms with Gasteiger partial charge in [0.05, 0.1) is 6.61 Å². The van der Waals surface area contributed by atoms with E-state index in [1.54, 1.807) is 0 Å². The Balaban J connectivity index is 3.02. The minimum absolute atomic E-state index is 0.0763. The lowest BCUT2D eigenvalue weighted by Gasteiger charge is -2.05. The molecule has 92 valence electrons. The number of nitrogens with zero attached hydrogens (tertiary/aromatic N) is 4. The molecule has 0 spiro atoms. The molecule has 0 fully saturated rings. The number of hydrogen-bond acceptors (Lipinski definition) is 4. The third kappa shape index (κ3) is 1.58. The van der Waals surface area contributed by atoms with Crippen molar-refractivity contribution in [1.29, 1.82) is 0 Å². The van der Waals surface area contributed by atoms with Crippen LogP contribution in [0.5, 0.6) is 0 Å². The Bertz CT molecular complexity index is 697. The number of rotatable bonds is 2. The quantitative estimate of drug-likeness (QED) is 0.707. The second-order valence-electron chi connectivity index (χ2n) is 3.63. The highest BCUT2D eigenvalue weighted by Gasteiger charge is 2.17. The summed E-state index contributed by atoms with van der Waals surface area (Å²) in [6.45, 7) is -0.0139. The summed E-state index contributed by atoms with van der Waals surface area (Å²) in [6.07, 6.45) is 0. The Kier molecular flexibility index (Phi) is 2.80. The van der Waals surface area contributed by atoms with Gasteiger partial charge in [-0.3, -0.25) is 13.9 Å². The van der Waals surface area contributed by atoms with Crippen LogP contribution in [0.2, 0.25) is 5.28 Å². The number of hydrogen-bond donors (Lipinski definition) is 1. The number of aliphatic hydroxyl groups excluding tert-OH is 1. The SMILES string of the molecule is Cn1c(=O)c2c(nc(Cl)n2CCO)n(C)c1=O. The van der Waals surface area contributed by atoms with Crippen molar-refractivity contribution in [3.63, 3.8) is 0 Å². The van der Waals surface area contributed by atoms with Gasteiger partial charge >= 0.3 is 5.69 Å². The molecule has 0 aromatic carbocycles. The summed E-state index contributed by atoms with van der Waals surface area (Å²) in [5, 5.41) is 9.00. The third-order valence-corrected chi connectivity index (χ3v) is 2.91. The molecule has 0 atom stereocenters. The highest BCUT2D eigenvalue weighted by Crippen LogP contribution is 2.14. The van der Waals surface area contributed by atoms with Crippen LogP contribution in [0.15, 0.2) is 9.59 Å². The van der Waals surface area contributed by atoms with Crippen LogP contribution in [0.1, 0.15) is 0 Å². The largest absolute Gasteiger partial charge is 0.395 e. The van der Waals surface area contributed by atoms with Gasteiger partial charge in [-0.05, 0) is 11.6 Å². The first-order valence-electron chi connectivity index (χ1n) is 4.91. The monoisotopic (exact) mass is 258 g/mol. The molecule has 2 heterocycles. The van der Waals surface area contributed by atoms with Gasteiger partial charge in [-0.25, -0.2) is 4.79 Å². The molecule has 8 heteroatoms. The average molecular weight is 259 g/mol. The number of halogens is 1. The average Bonchev–Trinajstić information content (AvgIpc) is 2.62. The molecule has 17 heavy (non-hydrogen) atoms. The maximum absolute atomic E-state index is 12.0. The van der Waals surface area contributed by atoms with Gasteiger partial charge in [0.1, 0.15) is 0 Å². The van der Waals surface area contributed by atoms with Gasteiger partial charge in [-0.15, -0.1) is 0 Å². The third-order valence-electron chi connectivity index (χ3n) is 2.62. The van der Waals surface area contributed by atoms with Crippen molar-refractivity contribution in [2.45, 2.75) is 6.54 Å². The van der Waals surface area contributed by atoms with Crippen LogP contribution in [0.25, 0.3) is 11.2 Å². The van der Waals surface area contributed by atoms with Crippen LogP contribution in [-0.2, 0) is 20.6 Å². The first-order valence-corrected chi connectivity index (χ1v) is 5.29. The van der Waals surface area contributed by atoms with Crippen molar-refractivity contribution in [2.75, 3.05) is 6.61 Å². The van der Waals surface area contributed by atoms with Crippen molar-refractivity contribution in [2.24, 2.45) is 14.1 Å². The number of aryl methyl sites for hydroxylation is 1. The molecule has 0 unspecified atom stereocenters. The molecule has 0 saturated heterocycles. The molecule has 0 radical (unpaired) electrons. The molecule has 0 aliphatic rings.